The predicted molar refractivity (Wildman–Crippen MR) is 85.2 cm³/mol. The highest BCUT2D eigenvalue weighted by Gasteiger charge is 2.09. The number of carbonyl (C=O) groups is 2. The van der Waals surface area contributed by atoms with Gasteiger partial charge in [-0.2, -0.15) is 4.98 Å². The maximum atomic E-state index is 11.9. The number of hydrogen-bond donors (Lipinski definition) is 2. The minimum absolute atomic E-state index is 0.241. The molecule has 0 aliphatic carbocycles. The van der Waals surface area contributed by atoms with E-state index in [9.17, 15) is 9.59 Å². The van der Waals surface area contributed by atoms with Crippen LogP contribution < -0.4 is 15.6 Å². The van der Waals surface area contributed by atoms with E-state index in [0.717, 1.165) is 0 Å². The van der Waals surface area contributed by atoms with Gasteiger partial charge in [0.25, 0.3) is 5.91 Å². The molecule has 1 aromatic carbocycles. The van der Waals surface area contributed by atoms with Crippen LogP contribution >= 0.6 is 0 Å². The number of nitrogens with zero attached hydrogens (tertiary/aromatic N) is 2. The molecule has 0 saturated heterocycles. The molecule has 0 aliphatic heterocycles. The molecule has 2 rings (SSSR count). The summed E-state index contributed by atoms with van der Waals surface area (Å²) in [7, 11) is 0. The molecule has 1 heterocycles. The molecule has 0 aliphatic rings. The van der Waals surface area contributed by atoms with Crippen LogP contribution in [0.2, 0.25) is 0 Å². The zero-order valence-corrected chi connectivity index (χ0v) is 13.7. The van der Waals surface area contributed by atoms with E-state index in [1.807, 2.05) is 6.92 Å². The molecule has 0 bridgehead atoms. The summed E-state index contributed by atoms with van der Waals surface area (Å²) in [5, 5.41) is 3.67. The molecule has 1 aromatic heterocycles. The third kappa shape index (κ3) is 5.38. The highest BCUT2D eigenvalue weighted by Crippen LogP contribution is 2.11. The SMILES string of the molecule is CCOc1ccc(C(=O)NNC(=O)CCCc2nc(C)no2)cc1. The summed E-state index contributed by atoms with van der Waals surface area (Å²) >= 11 is 0. The van der Waals surface area contributed by atoms with E-state index in [-0.39, 0.29) is 18.2 Å². The zero-order valence-electron chi connectivity index (χ0n) is 13.7. The Balaban J connectivity index is 1.69. The minimum Gasteiger partial charge on any atom is -0.494 e. The number of benzene rings is 1. The van der Waals surface area contributed by atoms with Crippen molar-refractivity contribution < 1.29 is 18.8 Å². The Labute approximate surface area is 139 Å². The first-order valence-electron chi connectivity index (χ1n) is 7.69. The Morgan fingerprint density at radius 1 is 1.21 bits per heavy atom. The maximum absolute atomic E-state index is 11.9. The fourth-order valence-corrected chi connectivity index (χ4v) is 1.97. The lowest BCUT2D eigenvalue weighted by Crippen LogP contribution is -2.41. The molecule has 2 aromatic rings. The van der Waals surface area contributed by atoms with Gasteiger partial charge in [-0.25, -0.2) is 0 Å². The molecule has 24 heavy (non-hydrogen) atoms. The molecule has 2 N–H and O–H groups in total. The summed E-state index contributed by atoms with van der Waals surface area (Å²) < 4.78 is 10.3. The Morgan fingerprint density at radius 3 is 2.58 bits per heavy atom. The van der Waals surface area contributed by atoms with Crippen molar-refractivity contribution in [3.05, 3.63) is 41.5 Å². The van der Waals surface area contributed by atoms with Crippen molar-refractivity contribution in [3.63, 3.8) is 0 Å². The molecule has 0 unspecified atom stereocenters. The highest BCUT2D eigenvalue weighted by molar-refractivity contribution is 5.95. The van der Waals surface area contributed by atoms with Crippen LogP contribution in [-0.2, 0) is 11.2 Å². The Kier molecular flexibility index (Phi) is 6.30. The van der Waals surface area contributed by atoms with E-state index in [0.29, 0.717) is 42.5 Å². The van der Waals surface area contributed by atoms with Gasteiger partial charge in [-0.15, -0.1) is 0 Å². The van der Waals surface area contributed by atoms with Gasteiger partial charge in [0.15, 0.2) is 5.82 Å². The lowest BCUT2D eigenvalue weighted by atomic mass is 10.2. The number of amides is 2. The van der Waals surface area contributed by atoms with Crippen molar-refractivity contribution in [1.82, 2.24) is 21.0 Å². The van der Waals surface area contributed by atoms with Gasteiger partial charge < -0.3 is 9.26 Å². The van der Waals surface area contributed by atoms with Crippen LogP contribution in [0.1, 0.15) is 41.8 Å². The first-order chi connectivity index (χ1) is 11.6. The van der Waals surface area contributed by atoms with Crippen LogP contribution in [0.3, 0.4) is 0 Å². The predicted octanol–water partition coefficient (Wildman–Crippen LogP) is 1.56. The molecule has 8 heteroatoms. The van der Waals surface area contributed by atoms with E-state index in [1.54, 1.807) is 31.2 Å². The Bertz CT molecular complexity index is 682. The summed E-state index contributed by atoms with van der Waals surface area (Å²) in [4.78, 5) is 27.7. The second-order valence-electron chi connectivity index (χ2n) is 5.05. The van der Waals surface area contributed by atoms with Crippen LogP contribution in [-0.4, -0.2) is 28.6 Å². The van der Waals surface area contributed by atoms with Gasteiger partial charge in [-0.05, 0) is 44.5 Å². The van der Waals surface area contributed by atoms with Gasteiger partial charge in [-0.3, -0.25) is 20.4 Å². The smallest absolute Gasteiger partial charge is 0.269 e. The van der Waals surface area contributed by atoms with Crippen LogP contribution in [0.25, 0.3) is 0 Å². The van der Waals surface area contributed by atoms with Crippen LogP contribution in [0, 0.1) is 6.92 Å². The lowest BCUT2D eigenvalue weighted by Gasteiger charge is -2.08. The second kappa shape index (κ2) is 8.66. The van der Waals surface area contributed by atoms with Gasteiger partial charge in [-0.1, -0.05) is 5.16 Å². The number of rotatable bonds is 7. The number of carbonyl (C=O) groups excluding carboxylic acids is 2. The molecule has 0 atom stereocenters. The van der Waals surface area contributed by atoms with Crippen molar-refractivity contribution in [2.24, 2.45) is 0 Å². The number of ether oxygens (including phenoxy) is 1. The van der Waals surface area contributed by atoms with E-state index in [4.69, 9.17) is 9.26 Å². The van der Waals surface area contributed by atoms with E-state index >= 15 is 0 Å². The van der Waals surface area contributed by atoms with Gasteiger partial charge in [0.2, 0.25) is 11.8 Å². The number of nitrogens with one attached hydrogen (secondary N) is 2. The van der Waals surface area contributed by atoms with Crippen molar-refractivity contribution in [2.45, 2.75) is 33.1 Å². The summed E-state index contributed by atoms with van der Waals surface area (Å²) in [6.07, 6.45) is 1.30. The molecule has 128 valence electrons. The maximum Gasteiger partial charge on any atom is 0.269 e. The molecular weight excluding hydrogens is 312 g/mol. The van der Waals surface area contributed by atoms with Gasteiger partial charge in [0.05, 0.1) is 6.61 Å². The van der Waals surface area contributed by atoms with Crippen LogP contribution in [0.15, 0.2) is 28.8 Å². The quantitative estimate of drug-likeness (QED) is 0.745. The third-order valence-electron chi connectivity index (χ3n) is 3.11. The van der Waals surface area contributed by atoms with Crippen LogP contribution in [0.5, 0.6) is 5.75 Å². The summed E-state index contributed by atoms with van der Waals surface area (Å²) in [5.41, 5.74) is 5.18. The van der Waals surface area contributed by atoms with E-state index in [1.165, 1.54) is 0 Å². The summed E-state index contributed by atoms with van der Waals surface area (Å²) in [6.45, 7) is 4.18. The molecular formula is C16H20N4O4. The monoisotopic (exact) mass is 332 g/mol. The zero-order chi connectivity index (χ0) is 17.4. The number of hydrazine groups is 1. The Hall–Kier alpha value is -2.90. The average molecular weight is 332 g/mol. The minimum atomic E-state index is -0.390. The normalized spacial score (nSPS) is 10.2. The molecule has 2 amide bonds. The molecule has 8 nitrogen and oxygen atoms in total. The first-order valence-corrected chi connectivity index (χ1v) is 7.69. The van der Waals surface area contributed by atoms with Crippen molar-refractivity contribution >= 4 is 11.8 Å². The van der Waals surface area contributed by atoms with Crippen molar-refractivity contribution in [1.29, 1.82) is 0 Å². The average Bonchev–Trinajstić information content (AvgIpc) is 2.99. The largest absolute Gasteiger partial charge is 0.494 e. The number of hydrogen-bond acceptors (Lipinski definition) is 6. The van der Waals surface area contributed by atoms with Crippen molar-refractivity contribution in [2.75, 3.05) is 6.61 Å². The van der Waals surface area contributed by atoms with Crippen molar-refractivity contribution in [3.8, 4) is 5.75 Å². The Morgan fingerprint density at radius 2 is 1.96 bits per heavy atom. The van der Waals surface area contributed by atoms with E-state index < -0.39 is 0 Å². The third-order valence-corrected chi connectivity index (χ3v) is 3.11. The number of aromatic nitrogens is 2. The van der Waals surface area contributed by atoms with Gasteiger partial charge in [0.1, 0.15) is 5.75 Å². The molecule has 0 saturated carbocycles. The molecule has 0 radical (unpaired) electrons. The first kappa shape index (κ1) is 17.5. The fraction of sp³-hybridized carbons (Fsp3) is 0.375. The topological polar surface area (TPSA) is 106 Å². The van der Waals surface area contributed by atoms with E-state index in [2.05, 4.69) is 21.0 Å². The molecule has 0 spiro atoms. The van der Waals surface area contributed by atoms with Crippen LogP contribution in [0.4, 0.5) is 0 Å². The second-order valence-corrected chi connectivity index (χ2v) is 5.05. The summed E-state index contributed by atoms with van der Waals surface area (Å²) in [5.74, 6) is 1.08. The summed E-state index contributed by atoms with van der Waals surface area (Å²) in [6, 6.07) is 6.66. The van der Waals surface area contributed by atoms with Gasteiger partial charge in [0, 0.05) is 18.4 Å². The standard InChI is InChI=1S/C16H20N4O4/c1-3-23-13-9-7-12(8-10-13)16(22)19-18-14(21)5-4-6-15-17-11(2)20-24-15/h7-10H,3-6H2,1-2H3,(H,18,21)(H,19,22). The van der Waals surface area contributed by atoms with Gasteiger partial charge >= 0.3 is 0 Å². The highest BCUT2D eigenvalue weighted by atomic mass is 16.5. The lowest BCUT2D eigenvalue weighted by molar-refractivity contribution is -0.121. The molecule has 0 fully saturated rings. The fourth-order valence-electron chi connectivity index (χ4n) is 1.97. The number of aryl methyl sites for hydroxylation is 2.